The molecule has 0 atom stereocenters. The van der Waals surface area contributed by atoms with Crippen LogP contribution in [0.25, 0.3) is 11.1 Å². The van der Waals surface area contributed by atoms with E-state index in [0.29, 0.717) is 25.4 Å². The summed E-state index contributed by atoms with van der Waals surface area (Å²) < 4.78 is 20.3. The maximum atomic E-state index is 9.32. The van der Waals surface area contributed by atoms with Crippen molar-refractivity contribution in [2.24, 2.45) is 0 Å². The second-order valence-electron chi connectivity index (χ2n) is 23.9. The normalized spacial score (nSPS) is 11.4. The maximum Gasteiger partial charge on any atom is 0.203 e. The van der Waals surface area contributed by atoms with Gasteiger partial charge in [0.15, 0.2) is 11.5 Å². The van der Waals surface area contributed by atoms with Crippen molar-refractivity contribution >= 4 is 0 Å². The third-order valence-electron chi connectivity index (χ3n) is 16.5. The molecule has 0 heterocycles. The summed E-state index contributed by atoms with van der Waals surface area (Å²) in [7, 11) is 0. The molecule has 0 N–H and O–H groups in total. The Bertz CT molecular complexity index is 1730. The van der Waals surface area contributed by atoms with Gasteiger partial charge in [-0.05, 0) is 72.2 Å². The molecule has 0 aliphatic rings. The number of hydrogen-bond donors (Lipinski definition) is 0. The van der Waals surface area contributed by atoms with Crippen LogP contribution in [-0.2, 0) is 6.42 Å². The van der Waals surface area contributed by atoms with E-state index >= 15 is 0 Å². The van der Waals surface area contributed by atoms with E-state index in [2.05, 4.69) is 63.2 Å². The molecule has 3 aromatic carbocycles. The fourth-order valence-corrected chi connectivity index (χ4v) is 11.4. The number of benzene rings is 3. The Morgan fingerprint density at radius 3 is 0.795 bits per heavy atom. The van der Waals surface area contributed by atoms with Gasteiger partial charge in [0.1, 0.15) is 0 Å². The Kier molecular flexibility index (Phi) is 45.6. The lowest BCUT2D eigenvalue weighted by atomic mass is 9.99. The lowest BCUT2D eigenvalue weighted by Crippen LogP contribution is -2.07. The lowest BCUT2D eigenvalue weighted by molar-refractivity contribution is 0.234. The van der Waals surface area contributed by atoms with Crippen molar-refractivity contribution in [2.75, 3.05) is 19.8 Å². The van der Waals surface area contributed by atoms with Crippen molar-refractivity contribution < 1.29 is 14.2 Å². The van der Waals surface area contributed by atoms with Gasteiger partial charge in [0.2, 0.25) is 5.75 Å². The molecular weight excluding hydrogens is 951 g/mol. The van der Waals surface area contributed by atoms with Crippen LogP contribution in [-0.4, -0.2) is 19.8 Å². The monoisotopic (exact) mass is 1070 g/mol. The van der Waals surface area contributed by atoms with Crippen LogP contribution >= 0.6 is 0 Å². The Labute approximate surface area is 484 Å². The third kappa shape index (κ3) is 37.5. The van der Waals surface area contributed by atoms with Crippen LogP contribution in [0.5, 0.6) is 17.2 Å². The Hall–Kier alpha value is -3.45. The highest BCUT2D eigenvalue weighted by Gasteiger charge is 2.17. The first-order valence-electron chi connectivity index (χ1n) is 34.3. The Morgan fingerprint density at radius 1 is 0.282 bits per heavy atom. The predicted octanol–water partition coefficient (Wildman–Crippen LogP) is 24.7. The van der Waals surface area contributed by atoms with Crippen LogP contribution in [0.15, 0.2) is 60.7 Å². The molecule has 0 saturated heterocycles. The molecule has 0 spiro atoms. The van der Waals surface area contributed by atoms with Gasteiger partial charge in [-0.25, -0.2) is 0 Å². The number of hydrogen-bond acceptors (Lipinski definition) is 4. The van der Waals surface area contributed by atoms with Crippen molar-refractivity contribution in [2.45, 2.75) is 335 Å². The van der Waals surface area contributed by atoms with Crippen LogP contribution in [0.1, 0.15) is 346 Å². The standard InChI is InChI=1S/C74H123NO3/c1-4-7-10-13-16-19-22-25-28-31-34-37-40-43-46-49-60-76-72-64-69(63-67-52-56-70(57-53-67)71-58-54-68(66-75)55-59-71)65-73(77-61-50-47-44-41-38-35-32-29-26-23-20-17-14-11-8-5-2)74(72)78-62-51-48-45-42-39-36-33-30-27-24-21-18-15-12-9-6-3/h52-59,64-65H,4-51,60-63H2,1-3H3. The van der Waals surface area contributed by atoms with Crippen LogP contribution in [0.3, 0.4) is 0 Å². The summed E-state index contributed by atoms with van der Waals surface area (Å²) in [5.41, 5.74) is 5.42. The van der Waals surface area contributed by atoms with E-state index in [-0.39, 0.29) is 0 Å². The van der Waals surface area contributed by atoms with Gasteiger partial charge in [0, 0.05) is 0 Å². The van der Waals surface area contributed by atoms with E-state index in [0.717, 1.165) is 54.1 Å². The van der Waals surface area contributed by atoms with E-state index in [4.69, 9.17) is 14.2 Å². The lowest BCUT2D eigenvalue weighted by Gasteiger charge is -2.19. The zero-order valence-corrected chi connectivity index (χ0v) is 51.7. The Morgan fingerprint density at radius 2 is 0.526 bits per heavy atom. The third-order valence-corrected chi connectivity index (χ3v) is 16.5. The molecule has 78 heavy (non-hydrogen) atoms. The summed E-state index contributed by atoms with van der Waals surface area (Å²) in [6.45, 7) is 9.02. The molecule has 4 nitrogen and oxygen atoms in total. The minimum Gasteiger partial charge on any atom is -0.490 e. The maximum absolute atomic E-state index is 9.32. The molecule has 3 aromatic rings. The van der Waals surface area contributed by atoms with Crippen molar-refractivity contribution in [3.8, 4) is 34.4 Å². The first-order chi connectivity index (χ1) is 38.7. The molecule has 0 amide bonds. The molecule has 0 aromatic heterocycles. The molecule has 4 heteroatoms. The molecule has 0 saturated carbocycles. The zero-order chi connectivity index (χ0) is 55.3. The van der Waals surface area contributed by atoms with Crippen LogP contribution in [0.2, 0.25) is 0 Å². The molecule has 442 valence electrons. The van der Waals surface area contributed by atoms with Crippen LogP contribution in [0, 0.1) is 11.3 Å². The first-order valence-corrected chi connectivity index (χ1v) is 34.3. The minimum absolute atomic E-state index is 0.688. The van der Waals surface area contributed by atoms with Gasteiger partial charge in [0.25, 0.3) is 0 Å². The zero-order valence-electron chi connectivity index (χ0n) is 51.7. The van der Waals surface area contributed by atoms with Crippen molar-refractivity contribution in [3.05, 3.63) is 77.4 Å². The van der Waals surface area contributed by atoms with Crippen molar-refractivity contribution in [1.82, 2.24) is 0 Å². The number of ether oxygens (including phenoxy) is 3. The highest BCUT2D eigenvalue weighted by atomic mass is 16.5. The van der Waals surface area contributed by atoms with Crippen molar-refractivity contribution in [1.29, 1.82) is 5.26 Å². The summed E-state index contributed by atoms with van der Waals surface area (Å²) in [6, 6.07) is 23.5. The molecule has 0 aliphatic carbocycles. The average molecular weight is 1070 g/mol. The number of nitriles is 1. The summed E-state index contributed by atoms with van der Waals surface area (Å²) in [4.78, 5) is 0. The van der Waals surface area contributed by atoms with Gasteiger partial charge < -0.3 is 14.2 Å². The SMILES string of the molecule is CCCCCCCCCCCCCCCCCCOc1cc(Cc2ccc(-c3ccc(C#N)cc3)cc2)cc(OCCCCCCCCCCCCCCCCCC)c1OCCCCCCCCCCCCCCCCCC. The average Bonchev–Trinajstić information content (AvgIpc) is 3.47. The summed E-state index contributed by atoms with van der Waals surface area (Å²) >= 11 is 0. The molecule has 0 radical (unpaired) electrons. The van der Waals surface area contributed by atoms with Crippen LogP contribution < -0.4 is 14.2 Å². The number of rotatable bonds is 57. The van der Waals surface area contributed by atoms with Gasteiger partial charge in [0.05, 0.1) is 31.5 Å². The smallest absolute Gasteiger partial charge is 0.203 e. The fraction of sp³-hybridized carbons (Fsp3) is 0.743. The summed E-state index contributed by atoms with van der Waals surface area (Å²) in [5, 5.41) is 9.32. The molecule has 0 aliphatic heterocycles. The highest BCUT2D eigenvalue weighted by molar-refractivity contribution is 5.64. The first kappa shape index (κ1) is 68.8. The van der Waals surface area contributed by atoms with Crippen molar-refractivity contribution in [3.63, 3.8) is 0 Å². The quantitative estimate of drug-likeness (QED) is 0.0529. The van der Waals surface area contributed by atoms with E-state index < -0.39 is 0 Å². The summed E-state index contributed by atoms with van der Waals surface area (Å²) in [5.74, 6) is 2.51. The predicted molar refractivity (Wildman–Crippen MR) is 341 cm³/mol. The molecule has 0 fully saturated rings. The molecular formula is C74H123NO3. The van der Waals surface area contributed by atoms with Gasteiger partial charge >= 0.3 is 0 Å². The van der Waals surface area contributed by atoms with E-state index in [9.17, 15) is 5.26 Å². The van der Waals surface area contributed by atoms with Gasteiger partial charge in [-0.3, -0.25) is 0 Å². The largest absolute Gasteiger partial charge is 0.490 e. The van der Waals surface area contributed by atoms with Gasteiger partial charge in [-0.1, -0.05) is 346 Å². The van der Waals surface area contributed by atoms with E-state index in [1.54, 1.807) is 0 Å². The minimum atomic E-state index is 0.688. The second kappa shape index (κ2) is 51.7. The molecule has 3 rings (SSSR count). The second-order valence-corrected chi connectivity index (χ2v) is 23.9. The fourth-order valence-electron chi connectivity index (χ4n) is 11.4. The highest BCUT2D eigenvalue weighted by Crippen LogP contribution is 2.40. The van der Waals surface area contributed by atoms with E-state index in [1.165, 1.54) is 300 Å². The molecule has 0 unspecified atom stereocenters. The molecule has 0 bridgehead atoms. The number of nitrogens with zero attached hydrogens (tertiary/aromatic N) is 1. The van der Waals surface area contributed by atoms with Crippen LogP contribution in [0.4, 0.5) is 0 Å². The topological polar surface area (TPSA) is 51.5 Å². The number of unbranched alkanes of at least 4 members (excludes halogenated alkanes) is 45. The van der Waals surface area contributed by atoms with Gasteiger partial charge in [-0.2, -0.15) is 5.26 Å². The van der Waals surface area contributed by atoms with E-state index in [1.807, 2.05) is 24.3 Å². The van der Waals surface area contributed by atoms with Gasteiger partial charge in [-0.15, -0.1) is 0 Å². The Balaban J connectivity index is 1.55. The summed E-state index contributed by atoms with van der Waals surface area (Å²) in [6.07, 6.45) is 66.3.